The van der Waals surface area contributed by atoms with Gasteiger partial charge in [0.15, 0.2) is 0 Å². The molecule has 0 saturated carbocycles. The molecule has 0 fully saturated rings. The molecule has 110 valence electrons. The molecule has 0 spiro atoms. The van der Waals surface area contributed by atoms with Gasteiger partial charge in [0.25, 0.3) is 5.91 Å². The minimum absolute atomic E-state index is 0.0834. The second-order valence-electron chi connectivity index (χ2n) is 4.24. The molecule has 0 atom stereocenters. The maximum atomic E-state index is 12.0. The summed E-state index contributed by atoms with van der Waals surface area (Å²) in [5, 5.41) is 15.2. The number of anilines is 2. The summed E-state index contributed by atoms with van der Waals surface area (Å²) >= 11 is 11.9. The van der Waals surface area contributed by atoms with Crippen molar-refractivity contribution < 1.29 is 4.79 Å². The quantitative estimate of drug-likeness (QED) is 0.642. The summed E-state index contributed by atoms with van der Waals surface area (Å²) in [5.74, 6) is -0.514. The smallest absolute Gasteiger partial charge is 0.267 e. The first-order chi connectivity index (χ1) is 10.6. The fraction of sp³-hybridized carbons (Fsp3) is 0. The minimum Gasteiger partial charge on any atom is -0.359 e. The predicted molar refractivity (Wildman–Crippen MR) is 88.9 cm³/mol. The molecule has 2 aromatic carbocycles. The maximum absolute atomic E-state index is 12.0. The third-order valence-electron chi connectivity index (χ3n) is 2.72. The number of hydrogen-bond acceptors (Lipinski definition) is 3. The normalized spacial score (nSPS) is 10.7. The Morgan fingerprint density at radius 1 is 1.09 bits per heavy atom. The van der Waals surface area contributed by atoms with E-state index in [2.05, 4.69) is 10.6 Å². The van der Waals surface area contributed by atoms with Gasteiger partial charge in [0.05, 0.1) is 15.7 Å². The van der Waals surface area contributed by atoms with Crippen LogP contribution in [0.15, 0.2) is 60.3 Å². The van der Waals surface area contributed by atoms with Gasteiger partial charge in [-0.25, -0.2) is 0 Å². The first kappa shape index (κ1) is 15.9. The molecule has 2 N–H and O–H groups in total. The molecule has 0 radical (unpaired) electrons. The molecule has 0 heterocycles. The van der Waals surface area contributed by atoms with Crippen molar-refractivity contribution in [2.24, 2.45) is 0 Å². The number of halogens is 2. The Hall–Kier alpha value is -2.48. The molecule has 4 nitrogen and oxygen atoms in total. The molecule has 22 heavy (non-hydrogen) atoms. The van der Waals surface area contributed by atoms with Crippen LogP contribution in [0.25, 0.3) is 0 Å². The molecule has 0 unspecified atom stereocenters. The summed E-state index contributed by atoms with van der Waals surface area (Å²) in [6.45, 7) is 0. The Balaban J connectivity index is 2.12. The fourth-order valence-electron chi connectivity index (χ4n) is 1.63. The van der Waals surface area contributed by atoms with Gasteiger partial charge in [0.1, 0.15) is 11.6 Å². The highest BCUT2D eigenvalue weighted by atomic mass is 35.5. The second kappa shape index (κ2) is 7.51. The Morgan fingerprint density at radius 3 is 2.50 bits per heavy atom. The van der Waals surface area contributed by atoms with Crippen LogP contribution in [0.3, 0.4) is 0 Å². The zero-order valence-corrected chi connectivity index (χ0v) is 12.8. The van der Waals surface area contributed by atoms with Gasteiger partial charge < -0.3 is 10.6 Å². The molecule has 0 aliphatic carbocycles. The number of rotatable bonds is 4. The highest BCUT2D eigenvalue weighted by molar-refractivity contribution is 6.43. The van der Waals surface area contributed by atoms with E-state index in [1.165, 1.54) is 6.20 Å². The molecule has 0 saturated heterocycles. The molecule has 0 aromatic heterocycles. The lowest BCUT2D eigenvalue weighted by Crippen LogP contribution is -2.14. The van der Waals surface area contributed by atoms with Crippen molar-refractivity contribution in [3.63, 3.8) is 0 Å². The average Bonchev–Trinajstić information content (AvgIpc) is 2.53. The fourth-order valence-corrected chi connectivity index (χ4v) is 1.99. The van der Waals surface area contributed by atoms with E-state index in [1.54, 1.807) is 42.5 Å². The highest BCUT2D eigenvalue weighted by Crippen LogP contribution is 2.29. The standard InChI is InChI=1S/C16H11Cl2N3O/c17-13-7-4-8-14(15(13)18)20-10-11(9-19)16(22)21-12-5-2-1-3-6-12/h1-8,10,20H,(H,21,22)/b11-10+. The molecular formula is C16H11Cl2N3O. The van der Waals surface area contributed by atoms with Gasteiger partial charge in [-0.2, -0.15) is 5.26 Å². The van der Waals surface area contributed by atoms with Crippen LogP contribution in [-0.2, 0) is 4.79 Å². The van der Waals surface area contributed by atoms with Crippen molar-refractivity contribution in [1.29, 1.82) is 5.26 Å². The number of carbonyl (C=O) groups excluding carboxylic acids is 1. The molecule has 2 rings (SSSR count). The van der Waals surface area contributed by atoms with E-state index in [9.17, 15) is 4.79 Å². The van der Waals surface area contributed by atoms with Crippen molar-refractivity contribution in [2.75, 3.05) is 10.6 Å². The molecule has 0 aliphatic rings. The molecule has 1 amide bonds. The summed E-state index contributed by atoms with van der Waals surface area (Å²) in [7, 11) is 0. The largest absolute Gasteiger partial charge is 0.359 e. The van der Waals surface area contributed by atoms with Gasteiger partial charge in [-0.15, -0.1) is 0 Å². The van der Waals surface area contributed by atoms with Crippen LogP contribution in [-0.4, -0.2) is 5.91 Å². The van der Waals surface area contributed by atoms with Gasteiger partial charge in [-0.3, -0.25) is 4.79 Å². The Kier molecular flexibility index (Phi) is 5.42. The van der Waals surface area contributed by atoms with Crippen LogP contribution in [0.4, 0.5) is 11.4 Å². The lowest BCUT2D eigenvalue weighted by Gasteiger charge is -2.07. The van der Waals surface area contributed by atoms with Gasteiger partial charge in [-0.05, 0) is 24.3 Å². The lowest BCUT2D eigenvalue weighted by atomic mass is 10.2. The van der Waals surface area contributed by atoms with Crippen LogP contribution in [0.1, 0.15) is 0 Å². The van der Waals surface area contributed by atoms with Crippen molar-refractivity contribution >= 4 is 40.5 Å². The number of benzene rings is 2. The van der Waals surface area contributed by atoms with E-state index < -0.39 is 5.91 Å². The Bertz CT molecular complexity index is 752. The highest BCUT2D eigenvalue weighted by Gasteiger charge is 2.10. The average molecular weight is 332 g/mol. The first-order valence-corrected chi connectivity index (χ1v) is 7.04. The summed E-state index contributed by atoms with van der Waals surface area (Å²) in [6, 6.07) is 15.7. The van der Waals surface area contributed by atoms with Gasteiger partial charge in [0.2, 0.25) is 0 Å². The number of carbonyl (C=O) groups is 1. The molecule has 0 aliphatic heterocycles. The Morgan fingerprint density at radius 2 is 1.82 bits per heavy atom. The summed E-state index contributed by atoms with van der Waals surface area (Å²) < 4.78 is 0. The van der Waals surface area contributed by atoms with E-state index in [0.717, 1.165) is 0 Å². The summed E-state index contributed by atoms with van der Waals surface area (Å²) in [5.41, 5.74) is 1.03. The van der Waals surface area contributed by atoms with Crippen LogP contribution in [0.5, 0.6) is 0 Å². The van der Waals surface area contributed by atoms with E-state index in [4.69, 9.17) is 28.5 Å². The van der Waals surface area contributed by atoms with E-state index >= 15 is 0 Å². The molecule has 0 bridgehead atoms. The third-order valence-corrected chi connectivity index (χ3v) is 3.54. The van der Waals surface area contributed by atoms with Gasteiger partial charge in [0, 0.05) is 11.9 Å². The van der Waals surface area contributed by atoms with Crippen LogP contribution in [0.2, 0.25) is 10.0 Å². The number of para-hydroxylation sites is 1. The third kappa shape index (κ3) is 4.01. The van der Waals surface area contributed by atoms with Gasteiger partial charge in [-0.1, -0.05) is 47.5 Å². The van der Waals surface area contributed by atoms with E-state index in [1.807, 2.05) is 12.1 Å². The monoisotopic (exact) mass is 331 g/mol. The summed E-state index contributed by atoms with van der Waals surface area (Å²) in [6.07, 6.45) is 1.29. The summed E-state index contributed by atoms with van der Waals surface area (Å²) in [4.78, 5) is 12.0. The number of nitriles is 1. The predicted octanol–water partition coefficient (Wildman–Crippen LogP) is 4.45. The van der Waals surface area contributed by atoms with Crippen molar-refractivity contribution in [3.8, 4) is 6.07 Å². The Labute approximate surface area is 138 Å². The zero-order valence-electron chi connectivity index (χ0n) is 11.3. The number of hydrogen-bond donors (Lipinski definition) is 2. The van der Waals surface area contributed by atoms with E-state index in [0.29, 0.717) is 21.4 Å². The second-order valence-corrected chi connectivity index (χ2v) is 5.02. The van der Waals surface area contributed by atoms with Crippen molar-refractivity contribution in [2.45, 2.75) is 0 Å². The number of nitrogens with one attached hydrogen (secondary N) is 2. The van der Waals surface area contributed by atoms with Crippen LogP contribution < -0.4 is 10.6 Å². The minimum atomic E-state index is -0.514. The van der Waals surface area contributed by atoms with Gasteiger partial charge >= 0.3 is 0 Å². The van der Waals surface area contributed by atoms with Crippen molar-refractivity contribution in [1.82, 2.24) is 0 Å². The molecular weight excluding hydrogens is 321 g/mol. The SMILES string of the molecule is N#C/C(=C\Nc1cccc(Cl)c1Cl)C(=O)Nc1ccccc1. The van der Waals surface area contributed by atoms with Crippen LogP contribution >= 0.6 is 23.2 Å². The molecule has 2 aromatic rings. The number of amides is 1. The van der Waals surface area contributed by atoms with Crippen LogP contribution in [0, 0.1) is 11.3 Å². The lowest BCUT2D eigenvalue weighted by molar-refractivity contribution is -0.112. The first-order valence-electron chi connectivity index (χ1n) is 6.29. The maximum Gasteiger partial charge on any atom is 0.267 e. The molecule has 6 heteroatoms. The van der Waals surface area contributed by atoms with Crippen molar-refractivity contribution in [3.05, 3.63) is 70.3 Å². The number of nitrogens with zero attached hydrogens (tertiary/aromatic N) is 1. The van der Waals surface area contributed by atoms with E-state index in [-0.39, 0.29) is 5.57 Å². The topological polar surface area (TPSA) is 64.9 Å². The zero-order chi connectivity index (χ0) is 15.9.